The number of hydrogen-bond acceptors (Lipinski definition) is 6. The van der Waals surface area contributed by atoms with Gasteiger partial charge < -0.3 is 25.7 Å². The summed E-state index contributed by atoms with van der Waals surface area (Å²) in [6.45, 7) is 10.8. The zero-order valence-electron chi connectivity index (χ0n) is 27.6. The normalized spacial score (nSPS) is 21.0. The van der Waals surface area contributed by atoms with Crippen molar-refractivity contribution in [2.75, 3.05) is 32.7 Å². The zero-order valence-corrected chi connectivity index (χ0v) is 27.6. The van der Waals surface area contributed by atoms with Crippen LogP contribution in [0.15, 0.2) is 85.2 Å². The average molecular weight is 677 g/mol. The van der Waals surface area contributed by atoms with Crippen LogP contribution in [0, 0.1) is 5.82 Å². The summed E-state index contributed by atoms with van der Waals surface area (Å²) in [5.41, 5.74) is 11.9. The van der Waals surface area contributed by atoms with Gasteiger partial charge in [0.25, 0.3) is 0 Å². The summed E-state index contributed by atoms with van der Waals surface area (Å²) in [6, 6.07) is 20.5. The molecule has 260 valence electrons. The molecule has 4 N–H and O–H groups in total. The minimum absolute atomic E-state index is 0.149. The van der Waals surface area contributed by atoms with Crippen molar-refractivity contribution in [1.82, 2.24) is 25.0 Å². The van der Waals surface area contributed by atoms with E-state index in [-0.39, 0.29) is 11.6 Å². The van der Waals surface area contributed by atoms with Crippen molar-refractivity contribution in [1.29, 1.82) is 0 Å². The highest BCUT2D eigenvalue weighted by Gasteiger charge is 2.43. The second kappa shape index (κ2) is 13.8. The third-order valence-corrected chi connectivity index (χ3v) is 10.5. The molecule has 0 spiro atoms. The van der Waals surface area contributed by atoms with Gasteiger partial charge in [-0.15, -0.1) is 13.2 Å². The number of nitrogens with zero attached hydrogens (tertiary/aromatic N) is 3. The molecule has 0 aliphatic carbocycles. The standard InChI is InChI=1S/C38H44F4N6O/c1-26(37(43)13-16-44-17-14-37)45-15-4-18-46-25-34(28-8-10-32(11-9-28)49-38(40,41)42)33-19-27(7-12-36(33)46)21-47-23-31-20-30(47)24-48(31)22-29-5-2-3-6-35(29)39/h2-3,5-12,19,25,30-31,44-45H,1,4,13-18,20-24,43H2. The number of benzene rings is 3. The molecule has 49 heavy (non-hydrogen) atoms. The fourth-order valence-corrected chi connectivity index (χ4v) is 7.83. The van der Waals surface area contributed by atoms with Crippen LogP contribution >= 0.6 is 0 Å². The Morgan fingerprint density at radius 2 is 1.69 bits per heavy atom. The topological polar surface area (TPSA) is 70.7 Å². The summed E-state index contributed by atoms with van der Waals surface area (Å²) in [5, 5.41) is 7.86. The number of ether oxygens (including phenoxy) is 1. The number of halogens is 4. The van der Waals surface area contributed by atoms with Crippen LogP contribution in [0.1, 0.15) is 36.8 Å². The highest BCUT2D eigenvalue weighted by molar-refractivity contribution is 5.96. The van der Waals surface area contributed by atoms with E-state index in [0.717, 1.165) is 105 Å². The monoisotopic (exact) mass is 676 g/mol. The van der Waals surface area contributed by atoms with Gasteiger partial charge in [-0.25, -0.2) is 4.39 Å². The third kappa shape index (κ3) is 7.50. The molecular formula is C38H44F4N6O. The van der Waals surface area contributed by atoms with Gasteiger partial charge in [0.1, 0.15) is 11.6 Å². The molecule has 3 fully saturated rings. The Balaban J connectivity index is 1.06. The van der Waals surface area contributed by atoms with Crippen LogP contribution in [0.5, 0.6) is 5.75 Å². The molecule has 4 heterocycles. The van der Waals surface area contributed by atoms with Crippen LogP contribution in [0.25, 0.3) is 22.0 Å². The van der Waals surface area contributed by atoms with Crippen molar-refractivity contribution in [3.05, 3.63) is 102 Å². The SMILES string of the molecule is C=C(NCCCn1cc(-c2ccc(OC(F)(F)F)cc2)c2cc(CN3CC4CC3CN4Cc3ccccc3F)ccc21)C1(N)CCNCC1. The molecule has 3 aliphatic heterocycles. The molecule has 3 aliphatic rings. The van der Waals surface area contributed by atoms with E-state index >= 15 is 0 Å². The number of nitrogens with two attached hydrogens (primary N) is 1. The molecule has 2 bridgehead atoms. The van der Waals surface area contributed by atoms with Crippen LogP contribution in [-0.2, 0) is 19.6 Å². The first-order valence-corrected chi connectivity index (χ1v) is 17.2. The van der Waals surface area contributed by atoms with Crippen molar-refractivity contribution in [3.8, 4) is 16.9 Å². The van der Waals surface area contributed by atoms with Gasteiger partial charge in [0.05, 0.1) is 5.54 Å². The summed E-state index contributed by atoms with van der Waals surface area (Å²) in [6.07, 6.45) is 0.977. The largest absolute Gasteiger partial charge is 0.573 e. The van der Waals surface area contributed by atoms with Gasteiger partial charge in [0.15, 0.2) is 0 Å². The second-order valence-corrected chi connectivity index (χ2v) is 13.8. The number of alkyl halides is 3. The van der Waals surface area contributed by atoms with E-state index < -0.39 is 11.9 Å². The van der Waals surface area contributed by atoms with Gasteiger partial charge >= 0.3 is 6.36 Å². The van der Waals surface area contributed by atoms with Gasteiger partial charge in [-0.3, -0.25) is 9.80 Å². The summed E-state index contributed by atoms with van der Waals surface area (Å²) in [5.74, 6) is -0.393. The van der Waals surface area contributed by atoms with Crippen molar-refractivity contribution < 1.29 is 22.3 Å². The quantitative estimate of drug-likeness (QED) is 0.120. The molecule has 0 radical (unpaired) electrons. The van der Waals surface area contributed by atoms with Crippen LogP contribution in [0.3, 0.4) is 0 Å². The molecule has 2 unspecified atom stereocenters. The number of fused-ring (bicyclic) bond motifs is 3. The molecule has 11 heteroatoms. The number of hydrogen-bond donors (Lipinski definition) is 3. The minimum atomic E-state index is -4.74. The maximum atomic E-state index is 14.3. The highest BCUT2D eigenvalue weighted by atomic mass is 19.4. The number of likely N-dealkylation sites (tertiary alicyclic amines) is 2. The van der Waals surface area contributed by atoms with Gasteiger partial charge in [0, 0.05) is 85.3 Å². The molecule has 3 saturated heterocycles. The highest BCUT2D eigenvalue weighted by Crippen LogP contribution is 2.36. The number of rotatable bonds is 12. The fourth-order valence-electron chi connectivity index (χ4n) is 7.83. The number of piperidine rings is 1. The van der Waals surface area contributed by atoms with Crippen molar-refractivity contribution in [2.45, 2.75) is 69.3 Å². The van der Waals surface area contributed by atoms with E-state index in [1.165, 1.54) is 23.8 Å². The van der Waals surface area contributed by atoms with E-state index in [1.807, 2.05) is 12.1 Å². The Bertz CT molecular complexity index is 1780. The Labute approximate surface area is 284 Å². The van der Waals surface area contributed by atoms with Gasteiger partial charge in [-0.1, -0.05) is 43.0 Å². The average Bonchev–Trinajstić information content (AvgIpc) is 3.77. The number of piperazine rings is 1. The number of nitrogens with one attached hydrogen (secondary N) is 2. The van der Waals surface area contributed by atoms with Crippen LogP contribution in [0.2, 0.25) is 0 Å². The molecular weight excluding hydrogens is 632 g/mol. The predicted octanol–water partition coefficient (Wildman–Crippen LogP) is 6.38. The number of aromatic nitrogens is 1. The lowest BCUT2D eigenvalue weighted by Gasteiger charge is -2.36. The van der Waals surface area contributed by atoms with Crippen LogP contribution in [-0.4, -0.2) is 71.1 Å². The lowest BCUT2D eigenvalue weighted by molar-refractivity contribution is -0.274. The minimum Gasteiger partial charge on any atom is -0.406 e. The summed E-state index contributed by atoms with van der Waals surface area (Å²) >= 11 is 0. The Morgan fingerprint density at radius 3 is 2.39 bits per heavy atom. The smallest absolute Gasteiger partial charge is 0.406 e. The lowest BCUT2D eigenvalue weighted by Crippen LogP contribution is -2.53. The van der Waals surface area contributed by atoms with Crippen molar-refractivity contribution in [2.24, 2.45) is 5.73 Å². The van der Waals surface area contributed by atoms with E-state index in [2.05, 4.69) is 60.7 Å². The maximum absolute atomic E-state index is 14.3. The van der Waals surface area contributed by atoms with Gasteiger partial charge in [-0.05, 0) is 80.2 Å². The van der Waals surface area contributed by atoms with Gasteiger partial charge in [-0.2, -0.15) is 0 Å². The van der Waals surface area contributed by atoms with Gasteiger partial charge in [0.2, 0.25) is 0 Å². The third-order valence-electron chi connectivity index (χ3n) is 10.5. The predicted molar refractivity (Wildman–Crippen MR) is 184 cm³/mol. The van der Waals surface area contributed by atoms with E-state index in [1.54, 1.807) is 18.2 Å². The Morgan fingerprint density at radius 1 is 0.980 bits per heavy atom. The van der Waals surface area contributed by atoms with Crippen molar-refractivity contribution >= 4 is 10.9 Å². The van der Waals surface area contributed by atoms with E-state index in [0.29, 0.717) is 18.6 Å². The first-order chi connectivity index (χ1) is 23.5. The molecule has 1 aromatic heterocycles. The Hall–Kier alpha value is -3.90. The van der Waals surface area contributed by atoms with E-state index in [9.17, 15) is 17.6 Å². The first-order valence-electron chi connectivity index (χ1n) is 17.2. The number of aryl methyl sites for hydroxylation is 1. The molecule has 7 rings (SSSR count). The lowest BCUT2D eigenvalue weighted by atomic mass is 9.86. The fraction of sp³-hybridized carbons (Fsp3) is 0.421. The zero-order chi connectivity index (χ0) is 34.2. The molecule has 4 aromatic rings. The molecule has 2 atom stereocenters. The van der Waals surface area contributed by atoms with Crippen LogP contribution in [0.4, 0.5) is 17.6 Å². The van der Waals surface area contributed by atoms with Crippen molar-refractivity contribution in [3.63, 3.8) is 0 Å². The molecule has 0 saturated carbocycles. The van der Waals surface area contributed by atoms with E-state index in [4.69, 9.17) is 5.73 Å². The Kier molecular flexibility index (Phi) is 9.45. The second-order valence-electron chi connectivity index (χ2n) is 13.8. The molecule has 0 amide bonds. The summed E-state index contributed by atoms with van der Waals surface area (Å²) in [4.78, 5) is 4.92. The maximum Gasteiger partial charge on any atom is 0.573 e. The molecule has 3 aromatic carbocycles. The summed E-state index contributed by atoms with van der Waals surface area (Å²) < 4.78 is 59.2. The summed E-state index contributed by atoms with van der Waals surface area (Å²) in [7, 11) is 0. The molecule has 7 nitrogen and oxygen atoms in total. The first kappa shape index (κ1) is 33.6. The van der Waals surface area contributed by atoms with Crippen LogP contribution < -0.4 is 21.1 Å².